The van der Waals surface area contributed by atoms with E-state index >= 15 is 0 Å². The van der Waals surface area contributed by atoms with E-state index in [0.717, 1.165) is 10.6 Å². The fraction of sp³-hybridized carbons (Fsp3) is 0.0909. The molecule has 18 heavy (non-hydrogen) atoms. The van der Waals surface area contributed by atoms with E-state index in [1.54, 1.807) is 0 Å². The minimum atomic E-state index is -0.625. The molecule has 2 aromatic rings. The number of nitrogens with two attached hydrogens (primary N) is 1. The summed E-state index contributed by atoms with van der Waals surface area (Å²) < 4.78 is 14.1. The Kier molecular flexibility index (Phi) is 3.20. The van der Waals surface area contributed by atoms with Gasteiger partial charge in [0.25, 0.3) is 5.56 Å². The highest BCUT2D eigenvalue weighted by molar-refractivity contribution is 6.30. The standard InChI is InChI=1S/C11H9ClFN3O2/c12-7-3-6(1-2-8(7)13)5-16-9(14)4-10(17)15-11(16)18/h1-4H,5,14H2,(H,15,17,18). The SMILES string of the molecule is Nc1cc(=O)[nH]c(=O)n1Cc1ccc(F)c(Cl)c1. The average Bonchev–Trinajstić information content (AvgIpc) is 2.28. The van der Waals surface area contributed by atoms with Crippen LogP contribution in [0.15, 0.2) is 33.9 Å². The van der Waals surface area contributed by atoms with E-state index in [4.69, 9.17) is 17.3 Å². The van der Waals surface area contributed by atoms with Crippen LogP contribution in [0.1, 0.15) is 5.56 Å². The highest BCUT2D eigenvalue weighted by Gasteiger charge is 2.06. The van der Waals surface area contributed by atoms with Gasteiger partial charge in [-0.2, -0.15) is 0 Å². The van der Waals surface area contributed by atoms with Gasteiger partial charge in [-0.15, -0.1) is 0 Å². The number of hydrogen-bond acceptors (Lipinski definition) is 3. The van der Waals surface area contributed by atoms with Crippen LogP contribution in [0.4, 0.5) is 10.2 Å². The van der Waals surface area contributed by atoms with Gasteiger partial charge in [-0.05, 0) is 17.7 Å². The number of hydrogen-bond donors (Lipinski definition) is 2. The maximum atomic E-state index is 13.0. The number of nitrogens with one attached hydrogen (secondary N) is 1. The van der Waals surface area contributed by atoms with E-state index in [0.29, 0.717) is 5.56 Å². The van der Waals surface area contributed by atoms with E-state index in [1.165, 1.54) is 18.2 Å². The maximum absolute atomic E-state index is 13.0. The molecular weight excluding hydrogens is 261 g/mol. The van der Waals surface area contributed by atoms with Gasteiger partial charge in [0.15, 0.2) is 0 Å². The van der Waals surface area contributed by atoms with Crippen LogP contribution in [0.3, 0.4) is 0 Å². The molecule has 0 fully saturated rings. The fourth-order valence-electron chi connectivity index (χ4n) is 1.52. The van der Waals surface area contributed by atoms with Gasteiger partial charge in [0.2, 0.25) is 0 Å². The Morgan fingerprint density at radius 1 is 1.33 bits per heavy atom. The van der Waals surface area contributed by atoms with Crippen molar-refractivity contribution in [1.29, 1.82) is 0 Å². The molecule has 0 aliphatic carbocycles. The molecule has 0 aliphatic heterocycles. The highest BCUT2D eigenvalue weighted by Crippen LogP contribution is 2.16. The zero-order valence-corrected chi connectivity index (χ0v) is 9.87. The van der Waals surface area contributed by atoms with E-state index in [2.05, 4.69) is 4.98 Å². The van der Waals surface area contributed by atoms with Crippen LogP contribution in [0, 0.1) is 5.82 Å². The van der Waals surface area contributed by atoms with Gasteiger partial charge in [0, 0.05) is 6.07 Å². The second-order valence-corrected chi connectivity index (χ2v) is 4.11. The van der Waals surface area contributed by atoms with Gasteiger partial charge in [-0.3, -0.25) is 14.3 Å². The zero-order chi connectivity index (χ0) is 13.3. The third kappa shape index (κ3) is 2.43. The number of aromatic amines is 1. The maximum Gasteiger partial charge on any atom is 0.330 e. The molecule has 0 radical (unpaired) electrons. The topological polar surface area (TPSA) is 80.9 Å². The van der Waals surface area contributed by atoms with Crippen molar-refractivity contribution in [2.75, 3.05) is 5.73 Å². The molecule has 0 saturated carbocycles. The normalized spacial score (nSPS) is 10.6. The van der Waals surface area contributed by atoms with Crippen LogP contribution in [0.5, 0.6) is 0 Å². The molecule has 0 aliphatic rings. The minimum Gasteiger partial charge on any atom is -0.385 e. The highest BCUT2D eigenvalue weighted by atomic mass is 35.5. The summed E-state index contributed by atoms with van der Waals surface area (Å²) in [5, 5.41) is -0.0384. The third-order valence-electron chi connectivity index (χ3n) is 2.39. The number of nitrogen functional groups attached to an aromatic ring is 1. The lowest BCUT2D eigenvalue weighted by molar-refractivity contribution is 0.626. The molecule has 3 N–H and O–H groups in total. The summed E-state index contributed by atoms with van der Waals surface area (Å²) in [6, 6.07) is 5.18. The number of H-pyrrole nitrogens is 1. The third-order valence-corrected chi connectivity index (χ3v) is 2.68. The monoisotopic (exact) mass is 269 g/mol. The molecule has 0 unspecified atom stereocenters. The zero-order valence-electron chi connectivity index (χ0n) is 9.11. The van der Waals surface area contributed by atoms with Crippen molar-refractivity contribution in [3.63, 3.8) is 0 Å². The summed E-state index contributed by atoms with van der Waals surface area (Å²) in [6.45, 7) is 0.0987. The first-order valence-electron chi connectivity index (χ1n) is 5.01. The van der Waals surface area contributed by atoms with Gasteiger partial charge in [-0.25, -0.2) is 9.18 Å². The van der Waals surface area contributed by atoms with Crippen LogP contribution in [-0.4, -0.2) is 9.55 Å². The van der Waals surface area contributed by atoms with E-state index < -0.39 is 17.1 Å². The van der Waals surface area contributed by atoms with Crippen LogP contribution < -0.4 is 17.0 Å². The first-order valence-corrected chi connectivity index (χ1v) is 5.39. The number of halogens is 2. The first-order chi connectivity index (χ1) is 8.47. The smallest absolute Gasteiger partial charge is 0.330 e. The van der Waals surface area contributed by atoms with Crippen molar-refractivity contribution in [3.05, 3.63) is 61.5 Å². The van der Waals surface area contributed by atoms with E-state index in [-0.39, 0.29) is 17.4 Å². The fourth-order valence-corrected chi connectivity index (χ4v) is 1.73. The molecule has 1 heterocycles. The van der Waals surface area contributed by atoms with Crippen molar-refractivity contribution in [3.8, 4) is 0 Å². The summed E-state index contributed by atoms with van der Waals surface area (Å²) in [5.41, 5.74) is 4.98. The number of anilines is 1. The van der Waals surface area contributed by atoms with Gasteiger partial charge >= 0.3 is 5.69 Å². The van der Waals surface area contributed by atoms with Gasteiger partial charge in [0.05, 0.1) is 11.6 Å². The van der Waals surface area contributed by atoms with Crippen LogP contribution in [0.2, 0.25) is 5.02 Å². The van der Waals surface area contributed by atoms with E-state index in [9.17, 15) is 14.0 Å². The molecule has 0 atom stereocenters. The van der Waals surface area contributed by atoms with Crippen molar-refractivity contribution >= 4 is 17.4 Å². The summed E-state index contributed by atoms with van der Waals surface area (Å²) in [5.74, 6) is -0.508. The second kappa shape index (κ2) is 4.66. The molecule has 0 amide bonds. The molecule has 1 aromatic carbocycles. The lowest BCUT2D eigenvalue weighted by Gasteiger charge is -2.08. The molecule has 0 saturated heterocycles. The average molecular weight is 270 g/mol. The summed E-state index contributed by atoms with van der Waals surface area (Å²) in [6.07, 6.45) is 0. The Labute approximate surface area is 106 Å². The summed E-state index contributed by atoms with van der Waals surface area (Å²) >= 11 is 5.63. The molecular formula is C11H9ClFN3O2. The van der Waals surface area contributed by atoms with Crippen LogP contribution >= 0.6 is 11.6 Å². The van der Waals surface area contributed by atoms with Crippen molar-refractivity contribution in [2.45, 2.75) is 6.54 Å². The van der Waals surface area contributed by atoms with Crippen LogP contribution in [-0.2, 0) is 6.54 Å². The Bertz CT molecular complexity index is 708. The lowest BCUT2D eigenvalue weighted by atomic mass is 10.2. The van der Waals surface area contributed by atoms with Crippen molar-refractivity contribution in [2.24, 2.45) is 0 Å². The molecule has 1 aromatic heterocycles. The van der Waals surface area contributed by atoms with Gasteiger partial charge in [-0.1, -0.05) is 17.7 Å². The van der Waals surface area contributed by atoms with Crippen molar-refractivity contribution in [1.82, 2.24) is 9.55 Å². The predicted molar refractivity (Wildman–Crippen MR) is 66.2 cm³/mol. The quantitative estimate of drug-likeness (QED) is 0.852. The van der Waals surface area contributed by atoms with Crippen molar-refractivity contribution < 1.29 is 4.39 Å². The molecule has 5 nitrogen and oxygen atoms in total. The lowest BCUT2D eigenvalue weighted by Crippen LogP contribution is -2.31. The number of nitrogens with zero attached hydrogens (tertiary/aromatic N) is 1. The predicted octanol–water partition coefficient (Wildman–Crippen LogP) is 0.960. The Morgan fingerprint density at radius 3 is 2.67 bits per heavy atom. The summed E-state index contributed by atoms with van der Waals surface area (Å²) in [4.78, 5) is 24.6. The number of aromatic nitrogens is 2. The Balaban J connectivity index is 2.43. The molecule has 94 valence electrons. The number of benzene rings is 1. The minimum absolute atomic E-state index is 0.0317. The molecule has 7 heteroatoms. The summed E-state index contributed by atoms with van der Waals surface area (Å²) in [7, 11) is 0. The molecule has 2 rings (SSSR count). The Morgan fingerprint density at radius 2 is 2.06 bits per heavy atom. The number of rotatable bonds is 2. The van der Waals surface area contributed by atoms with Crippen LogP contribution in [0.25, 0.3) is 0 Å². The first kappa shape index (κ1) is 12.4. The van der Waals surface area contributed by atoms with Gasteiger partial charge < -0.3 is 5.73 Å². The second-order valence-electron chi connectivity index (χ2n) is 3.70. The molecule has 0 bridgehead atoms. The molecule has 0 spiro atoms. The van der Waals surface area contributed by atoms with Gasteiger partial charge in [0.1, 0.15) is 11.6 Å². The van der Waals surface area contributed by atoms with E-state index in [1.807, 2.05) is 0 Å². The largest absolute Gasteiger partial charge is 0.385 e. The Hall–Kier alpha value is -2.08.